The number of fused-ring (bicyclic) bond motifs is 1. The fourth-order valence-corrected chi connectivity index (χ4v) is 2.75. The zero-order chi connectivity index (χ0) is 19.2. The van der Waals surface area contributed by atoms with Gasteiger partial charge in [-0.15, -0.1) is 0 Å². The molecule has 0 unspecified atom stereocenters. The quantitative estimate of drug-likeness (QED) is 0.668. The number of hydrogen-bond donors (Lipinski definition) is 1. The first-order valence-electron chi connectivity index (χ1n) is 8.86. The Morgan fingerprint density at radius 2 is 1.85 bits per heavy atom. The largest absolute Gasteiger partial charge is 0.497 e. The molecule has 3 rings (SSSR count). The van der Waals surface area contributed by atoms with Gasteiger partial charge in [0.05, 0.1) is 18.3 Å². The summed E-state index contributed by atoms with van der Waals surface area (Å²) >= 11 is 0. The highest BCUT2D eigenvalue weighted by Gasteiger charge is 2.06. The molecule has 0 amide bonds. The van der Waals surface area contributed by atoms with E-state index in [4.69, 9.17) is 9.72 Å². The molecule has 0 saturated carbocycles. The lowest BCUT2D eigenvalue weighted by Crippen LogP contribution is -2.20. The summed E-state index contributed by atoms with van der Waals surface area (Å²) in [6.07, 6.45) is 3.87. The van der Waals surface area contributed by atoms with E-state index in [2.05, 4.69) is 10.2 Å². The molecular weight excluding hydrogens is 341 g/mol. The van der Waals surface area contributed by atoms with Crippen LogP contribution in [0.4, 0.5) is 10.1 Å². The zero-order valence-corrected chi connectivity index (χ0v) is 15.9. The summed E-state index contributed by atoms with van der Waals surface area (Å²) in [5, 5.41) is 4.52. The molecule has 0 aliphatic rings. The number of pyridine rings is 1. The zero-order valence-electron chi connectivity index (χ0n) is 15.9. The molecule has 0 bridgehead atoms. The van der Waals surface area contributed by atoms with E-state index in [0.29, 0.717) is 0 Å². The Hall–Kier alpha value is -2.92. The second-order valence-corrected chi connectivity index (χ2v) is 6.59. The van der Waals surface area contributed by atoms with Crippen molar-refractivity contribution in [3.8, 4) is 5.75 Å². The van der Waals surface area contributed by atoms with Crippen LogP contribution >= 0.6 is 0 Å². The lowest BCUT2D eigenvalue weighted by Gasteiger charge is -2.14. The van der Waals surface area contributed by atoms with E-state index in [-0.39, 0.29) is 5.82 Å². The normalized spacial score (nSPS) is 11.4. The van der Waals surface area contributed by atoms with Gasteiger partial charge >= 0.3 is 0 Å². The molecule has 0 radical (unpaired) electrons. The van der Waals surface area contributed by atoms with Crippen molar-refractivity contribution in [1.82, 2.24) is 9.88 Å². The fraction of sp³-hybridized carbons (Fsp3) is 0.227. The molecule has 0 atom stereocenters. The SMILES string of the molecule is COc1ccc2nc(/C=C/c3ccc(F)cc3)cc(NCCN(C)C)c2c1. The van der Waals surface area contributed by atoms with E-state index in [9.17, 15) is 4.39 Å². The molecule has 5 heteroatoms. The summed E-state index contributed by atoms with van der Waals surface area (Å²) < 4.78 is 18.4. The molecule has 0 aliphatic carbocycles. The lowest BCUT2D eigenvalue weighted by molar-refractivity contribution is 0.415. The van der Waals surface area contributed by atoms with E-state index in [1.807, 2.05) is 50.5 Å². The number of benzene rings is 2. The van der Waals surface area contributed by atoms with Gasteiger partial charge < -0.3 is 15.0 Å². The first-order valence-corrected chi connectivity index (χ1v) is 8.86. The molecule has 0 spiro atoms. The average Bonchev–Trinajstić information content (AvgIpc) is 2.67. The molecule has 3 aromatic rings. The number of halogens is 1. The van der Waals surface area contributed by atoms with E-state index in [1.165, 1.54) is 12.1 Å². The number of methoxy groups -OCH3 is 1. The van der Waals surface area contributed by atoms with E-state index >= 15 is 0 Å². The van der Waals surface area contributed by atoms with Gasteiger partial charge in [-0.05, 0) is 62.1 Å². The summed E-state index contributed by atoms with van der Waals surface area (Å²) in [4.78, 5) is 6.85. The monoisotopic (exact) mass is 365 g/mol. The number of nitrogens with one attached hydrogen (secondary N) is 1. The molecule has 1 aromatic heterocycles. The number of anilines is 1. The van der Waals surface area contributed by atoms with Crippen LogP contribution in [0.25, 0.3) is 23.1 Å². The van der Waals surface area contributed by atoms with Crippen LogP contribution in [-0.4, -0.2) is 44.2 Å². The minimum atomic E-state index is -0.239. The van der Waals surface area contributed by atoms with Crippen LogP contribution in [0.2, 0.25) is 0 Å². The topological polar surface area (TPSA) is 37.4 Å². The van der Waals surface area contributed by atoms with Crippen molar-refractivity contribution in [2.75, 3.05) is 39.6 Å². The molecule has 140 valence electrons. The molecular formula is C22H24FN3O. The molecule has 0 saturated heterocycles. The number of aromatic nitrogens is 1. The first-order chi connectivity index (χ1) is 13.0. The van der Waals surface area contributed by atoms with Crippen molar-refractivity contribution in [1.29, 1.82) is 0 Å². The highest BCUT2D eigenvalue weighted by atomic mass is 19.1. The summed E-state index contributed by atoms with van der Waals surface area (Å²) in [6.45, 7) is 1.75. The van der Waals surface area contributed by atoms with Crippen LogP contribution in [0.15, 0.2) is 48.5 Å². The van der Waals surface area contributed by atoms with Crippen molar-refractivity contribution in [2.45, 2.75) is 0 Å². The van der Waals surface area contributed by atoms with Gasteiger partial charge in [0.1, 0.15) is 11.6 Å². The number of nitrogens with zero attached hydrogens (tertiary/aromatic N) is 2. The molecule has 0 fully saturated rings. The Labute approximate surface area is 159 Å². The maximum absolute atomic E-state index is 13.1. The van der Waals surface area contributed by atoms with Crippen LogP contribution in [0.1, 0.15) is 11.3 Å². The molecule has 4 nitrogen and oxygen atoms in total. The standard InChI is InChI=1S/C22H24FN3O/c1-26(2)13-12-24-22-14-18(9-6-16-4-7-17(23)8-5-16)25-21-11-10-19(27-3)15-20(21)22/h4-11,14-15H,12-13H2,1-3H3,(H,24,25)/b9-6+. The Morgan fingerprint density at radius 1 is 1.07 bits per heavy atom. The van der Waals surface area contributed by atoms with Crippen molar-refractivity contribution in [2.24, 2.45) is 0 Å². The van der Waals surface area contributed by atoms with Crippen molar-refractivity contribution < 1.29 is 9.13 Å². The number of hydrogen-bond acceptors (Lipinski definition) is 4. The molecule has 2 aromatic carbocycles. The van der Waals surface area contributed by atoms with Gasteiger partial charge in [-0.1, -0.05) is 18.2 Å². The van der Waals surface area contributed by atoms with Gasteiger partial charge in [0.15, 0.2) is 0 Å². The van der Waals surface area contributed by atoms with E-state index in [0.717, 1.165) is 46.7 Å². The third-order valence-corrected chi connectivity index (χ3v) is 4.23. The molecule has 27 heavy (non-hydrogen) atoms. The molecule has 1 N–H and O–H groups in total. The Bertz CT molecular complexity index is 936. The number of ether oxygens (including phenoxy) is 1. The Kier molecular flexibility index (Phi) is 6.04. The van der Waals surface area contributed by atoms with Gasteiger partial charge in [0.25, 0.3) is 0 Å². The highest BCUT2D eigenvalue weighted by Crippen LogP contribution is 2.28. The second kappa shape index (κ2) is 8.64. The van der Waals surface area contributed by atoms with Crippen LogP contribution in [0.5, 0.6) is 5.75 Å². The minimum absolute atomic E-state index is 0.239. The smallest absolute Gasteiger partial charge is 0.123 e. The van der Waals surface area contributed by atoms with Crippen molar-refractivity contribution >= 4 is 28.7 Å². The first kappa shape index (κ1) is 18.9. The Balaban J connectivity index is 1.94. The average molecular weight is 365 g/mol. The van der Waals surface area contributed by atoms with Gasteiger partial charge in [-0.3, -0.25) is 0 Å². The van der Waals surface area contributed by atoms with Crippen molar-refractivity contribution in [3.05, 3.63) is 65.6 Å². The van der Waals surface area contributed by atoms with Crippen LogP contribution in [0.3, 0.4) is 0 Å². The van der Waals surface area contributed by atoms with Crippen LogP contribution < -0.4 is 10.1 Å². The van der Waals surface area contributed by atoms with Crippen LogP contribution in [-0.2, 0) is 0 Å². The second-order valence-electron chi connectivity index (χ2n) is 6.59. The van der Waals surface area contributed by atoms with Gasteiger partial charge in [0, 0.05) is 24.2 Å². The Morgan fingerprint density at radius 3 is 2.56 bits per heavy atom. The third kappa shape index (κ3) is 5.05. The number of likely N-dealkylation sites (N-methyl/N-ethyl adjacent to an activating group) is 1. The minimum Gasteiger partial charge on any atom is -0.497 e. The predicted molar refractivity (Wildman–Crippen MR) is 111 cm³/mol. The van der Waals surface area contributed by atoms with E-state index < -0.39 is 0 Å². The summed E-state index contributed by atoms with van der Waals surface area (Å²) in [5.74, 6) is 0.562. The maximum Gasteiger partial charge on any atom is 0.123 e. The molecule has 0 aliphatic heterocycles. The summed E-state index contributed by atoms with van der Waals surface area (Å²) in [6, 6.07) is 14.3. The third-order valence-electron chi connectivity index (χ3n) is 4.23. The fourth-order valence-electron chi connectivity index (χ4n) is 2.75. The van der Waals surface area contributed by atoms with Crippen LogP contribution in [0, 0.1) is 5.82 Å². The lowest BCUT2D eigenvalue weighted by atomic mass is 10.1. The maximum atomic E-state index is 13.1. The predicted octanol–water partition coefficient (Wildman–Crippen LogP) is 4.53. The highest BCUT2D eigenvalue weighted by molar-refractivity contribution is 5.93. The summed E-state index contributed by atoms with van der Waals surface area (Å²) in [7, 11) is 5.76. The van der Waals surface area contributed by atoms with Gasteiger partial charge in [-0.2, -0.15) is 0 Å². The van der Waals surface area contributed by atoms with Gasteiger partial charge in [0.2, 0.25) is 0 Å². The van der Waals surface area contributed by atoms with Gasteiger partial charge in [-0.25, -0.2) is 9.37 Å². The summed E-state index contributed by atoms with van der Waals surface area (Å²) in [5.41, 5.74) is 3.67. The molecule has 1 heterocycles. The van der Waals surface area contributed by atoms with Crippen molar-refractivity contribution in [3.63, 3.8) is 0 Å². The number of rotatable bonds is 7. The van der Waals surface area contributed by atoms with E-state index in [1.54, 1.807) is 19.2 Å².